The molecule has 2 rings (SSSR count). The Balaban J connectivity index is 0.00000338. The van der Waals surface area contributed by atoms with Crippen molar-refractivity contribution in [3.8, 4) is 0 Å². The molecule has 0 aromatic heterocycles. The molecule has 1 fully saturated rings. The van der Waals surface area contributed by atoms with Crippen molar-refractivity contribution in [3.05, 3.63) is 34.9 Å². The van der Waals surface area contributed by atoms with Gasteiger partial charge in [-0.05, 0) is 25.0 Å². The summed E-state index contributed by atoms with van der Waals surface area (Å²) in [5.41, 5.74) is 3.87. The van der Waals surface area contributed by atoms with Crippen LogP contribution in [0.15, 0.2) is 23.2 Å². The molecule has 1 aliphatic heterocycles. The standard InChI is InChI=1S/C19H31N5O.HI/c1-15-5-6-18(16(2)13-15)14-22-19(20-4)21-7-8-23-9-11-24(12-10-23)17(3)25;/h5-6,13H,7-12,14H2,1-4H3,(H2,20,21,22);1H. The molecule has 7 heteroatoms. The molecule has 0 saturated carbocycles. The summed E-state index contributed by atoms with van der Waals surface area (Å²) in [5, 5.41) is 6.74. The summed E-state index contributed by atoms with van der Waals surface area (Å²) in [4.78, 5) is 19.9. The van der Waals surface area contributed by atoms with Crippen LogP contribution in [-0.4, -0.2) is 68.0 Å². The SMILES string of the molecule is CN=C(NCCN1CCN(C(C)=O)CC1)NCc1ccc(C)cc1C.I. The fourth-order valence-electron chi connectivity index (χ4n) is 3.06. The first-order valence-corrected chi connectivity index (χ1v) is 8.98. The topological polar surface area (TPSA) is 60.0 Å². The van der Waals surface area contributed by atoms with E-state index in [0.717, 1.165) is 51.8 Å². The number of aryl methyl sites for hydroxylation is 2. The third-order valence-electron chi connectivity index (χ3n) is 4.71. The largest absolute Gasteiger partial charge is 0.355 e. The number of piperazine rings is 1. The van der Waals surface area contributed by atoms with Gasteiger partial charge in [0, 0.05) is 59.8 Å². The highest BCUT2D eigenvalue weighted by Crippen LogP contribution is 2.09. The molecule has 1 saturated heterocycles. The zero-order valence-corrected chi connectivity index (χ0v) is 18.7. The maximum atomic E-state index is 11.4. The smallest absolute Gasteiger partial charge is 0.219 e. The molecule has 1 amide bonds. The molecule has 0 bridgehead atoms. The Kier molecular flexibility index (Phi) is 9.93. The van der Waals surface area contributed by atoms with Crippen LogP contribution in [0.1, 0.15) is 23.6 Å². The third-order valence-corrected chi connectivity index (χ3v) is 4.71. The van der Waals surface area contributed by atoms with Gasteiger partial charge >= 0.3 is 0 Å². The fraction of sp³-hybridized carbons (Fsp3) is 0.579. The van der Waals surface area contributed by atoms with E-state index in [-0.39, 0.29) is 29.9 Å². The van der Waals surface area contributed by atoms with E-state index >= 15 is 0 Å². The van der Waals surface area contributed by atoms with Crippen LogP contribution in [0.5, 0.6) is 0 Å². The van der Waals surface area contributed by atoms with Gasteiger partial charge in [0.05, 0.1) is 0 Å². The number of hydrogen-bond donors (Lipinski definition) is 2. The van der Waals surface area contributed by atoms with Crippen LogP contribution in [0.2, 0.25) is 0 Å². The number of aliphatic imine (C=N–C) groups is 1. The Hall–Kier alpha value is -1.35. The first-order chi connectivity index (χ1) is 12.0. The highest BCUT2D eigenvalue weighted by Gasteiger charge is 2.17. The molecule has 1 aromatic carbocycles. The number of rotatable bonds is 5. The molecular formula is C19H32IN5O. The Bertz CT molecular complexity index is 612. The molecule has 0 aliphatic carbocycles. The first-order valence-electron chi connectivity index (χ1n) is 8.98. The van der Waals surface area contributed by atoms with Crippen molar-refractivity contribution >= 4 is 35.8 Å². The van der Waals surface area contributed by atoms with E-state index in [2.05, 4.69) is 52.6 Å². The van der Waals surface area contributed by atoms with E-state index in [0.29, 0.717) is 0 Å². The third kappa shape index (κ3) is 7.11. The van der Waals surface area contributed by atoms with Crippen LogP contribution in [0, 0.1) is 13.8 Å². The van der Waals surface area contributed by atoms with Crippen molar-refractivity contribution in [2.24, 2.45) is 4.99 Å². The van der Waals surface area contributed by atoms with E-state index in [1.807, 2.05) is 4.90 Å². The zero-order chi connectivity index (χ0) is 18.2. The number of carbonyl (C=O) groups is 1. The van der Waals surface area contributed by atoms with Crippen LogP contribution in [0.25, 0.3) is 0 Å². The highest BCUT2D eigenvalue weighted by molar-refractivity contribution is 14.0. The second kappa shape index (κ2) is 11.4. The molecule has 1 heterocycles. The van der Waals surface area contributed by atoms with Gasteiger partial charge < -0.3 is 15.5 Å². The number of guanidine groups is 1. The summed E-state index contributed by atoms with van der Waals surface area (Å²) < 4.78 is 0. The van der Waals surface area contributed by atoms with Crippen LogP contribution in [0.3, 0.4) is 0 Å². The van der Waals surface area contributed by atoms with Crippen molar-refractivity contribution < 1.29 is 4.79 Å². The molecule has 0 unspecified atom stereocenters. The quantitative estimate of drug-likeness (QED) is 0.389. The van der Waals surface area contributed by atoms with Crippen molar-refractivity contribution in [3.63, 3.8) is 0 Å². The van der Waals surface area contributed by atoms with Crippen molar-refractivity contribution in [1.82, 2.24) is 20.4 Å². The monoisotopic (exact) mass is 473 g/mol. The van der Waals surface area contributed by atoms with E-state index in [1.54, 1.807) is 14.0 Å². The number of benzene rings is 1. The van der Waals surface area contributed by atoms with Gasteiger partial charge in [-0.15, -0.1) is 24.0 Å². The van der Waals surface area contributed by atoms with Gasteiger partial charge in [0.2, 0.25) is 5.91 Å². The van der Waals surface area contributed by atoms with Gasteiger partial charge in [-0.1, -0.05) is 23.8 Å². The summed E-state index contributed by atoms with van der Waals surface area (Å²) >= 11 is 0. The first kappa shape index (κ1) is 22.7. The van der Waals surface area contributed by atoms with E-state index < -0.39 is 0 Å². The van der Waals surface area contributed by atoms with Crippen molar-refractivity contribution in [2.45, 2.75) is 27.3 Å². The molecule has 146 valence electrons. The van der Waals surface area contributed by atoms with Crippen LogP contribution in [-0.2, 0) is 11.3 Å². The lowest BCUT2D eigenvalue weighted by Crippen LogP contribution is -2.50. The average Bonchev–Trinajstić information content (AvgIpc) is 2.59. The van der Waals surface area contributed by atoms with Crippen LogP contribution in [0.4, 0.5) is 0 Å². The molecule has 0 radical (unpaired) electrons. The fourth-order valence-corrected chi connectivity index (χ4v) is 3.06. The number of hydrogen-bond acceptors (Lipinski definition) is 3. The summed E-state index contributed by atoms with van der Waals surface area (Å²) in [6, 6.07) is 6.51. The summed E-state index contributed by atoms with van der Waals surface area (Å²) in [7, 11) is 1.79. The second-order valence-electron chi connectivity index (χ2n) is 6.63. The normalized spacial score (nSPS) is 15.4. The summed E-state index contributed by atoms with van der Waals surface area (Å²) in [6.45, 7) is 12.0. The Morgan fingerprint density at radius 3 is 2.42 bits per heavy atom. The van der Waals surface area contributed by atoms with Gasteiger partial charge in [0.15, 0.2) is 5.96 Å². The predicted octanol–water partition coefficient (Wildman–Crippen LogP) is 1.75. The maximum absolute atomic E-state index is 11.4. The van der Waals surface area contributed by atoms with E-state index in [1.165, 1.54) is 16.7 Å². The molecule has 0 atom stereocenters. The maximum Gasteiger partial charge on any atom is 0.219 e. The summed E-state index contributed by atoms with van der Waals surface area (Å²) in [5.74, 6) is 0.996. The predicted molar refractivity (Wildman–Crippen MR) is 118 cm³/mol. The van der Waals surface area contributed by atoms with Gasteiger partial charge in [-0.3, -0.25) is 14.7 Å². The Morgan fingerprint density at radius 2 is 1.85 bits per heavy atom. The molecule has 6 nitrogen and oxygen atoms in total. The molecule has 26 heavy (non-hydrogen) atoms. The van der Waals surface area contributed by atoms with Crippen LogP contribution >= 0.6 is 24.0 Å². The minimum atomic E-state index is 0. The van der Waals surface area contributed by atoms with Crippen molar-refractivity contribution in [1.29, 1.82) is 0 Å². The number of nitrogens with zero attached hydrogens (tertiary/aromatic N) is 3. The molecular weight excluding hydrogens is 441 g/mol. The highest BCUT2D eigenvalue weighted by atomic mass is 127. The Morgan fingerprint density at radius 1 is 1.15 bits per heavy atom. The number of amides is 1. The van der Waals surface area contributed by atoms with E-state index in [4.69, 9.17) is 0 Å². The molecule has 2 N–H and O–H groups in total. The second-order valence-corrected chi connectivity index (χ2v) is 6.63. The summed E-state index contributed by atoms with van der Waals surface area (Å²) in [6.07, 6.45) is 0. The number of carbonyl (C=O) groups excluding carboxylic acids is 1. The molecule has 0 spiro atoms. The minimum absolute atomic E-state index is 0. The minimum Gasteiger partial charge on any atom is -0.355 e. The van der Waals surface area contributed by atoms with Gasteiger partial charge in [0.25, 0.3) is 0 Å². The lowest BCUT2D eigenvalue weighted by Gasteiger charge is -2.34. The van der Waals surface area contributed by atoms with Crippen LogP contribution < -0.4 is 10.6 Å². The Labute approximate surface area is 174 Å². The van der Waals surface area contributed by atoms with Gasteiger partial charge in [-0.2, -0.15) is 0 Å². The molecule has 1 aromatic rings. The van der Waals surface area contributed by atoms with E-state index in [9.17, 15) is 4.79 Å². The lowest BCUT2D eigenvalue weighted by molar-refractivity contribution is -0.130. The van der Waals surface area contributed by atoms with Crippen molar-refractivity contribution in [2.75, 3.05) is 46.3 Å². The van der Waals surface area contributed by atoms with Gasteiger partial charge in [-0.25, -0.2) is 0 Å². The molecule has 1 aliphatic rings. The number of halogens is 1. The lowest BCUT2D eigenvalue weighted by atomic mass is 10.1. The average molecular weight is 473 g/mol. The van der Waals surface area contributed by atoms with Gasteiger partial charge in [0.1, 0.15) is 0 Å². The number of nitrogens with one attached hydrogen (secondary N) is 2. The zero-order valence-electron chi connectivity index (χ0n) is 16.3.